The maximum atomic E-state index is 13.8. The highest BCUT2D eigenvalue weighted by Gasteiger charge is 2.63. The third kappa shape index (κ3) is 3.81. The lowest BCUT2D eigenvalue weighted by Crippen LogP contribution is -2.63. The van der Waals surface area contributed by atoms with Gasteiger partial charge in [-0.15, -0.1) is 0 Å². The molecule has 4 unspecified atom stereocenters. The van der Waals surface area contributed by atoms with Crippen molar-refractivity contribution in [1.29, 1.82) is 0 Å². The number of nitrogens with two attached hydrogens (primary N) is 1. The predicted octanol–water partition coefficient (Wildman–Crippen LogP) is 1.75. The minimum atomic E-state index is -2.68. The van der Waals surface area contributed by atoms with Gasteiger partial charge in [-0.3, -0.25) is 24.1 Å². The molecule has 0 aromatic heterocycles. The van der Waals surface area contributed by atoms with Crippen LogP contribution in [0.3, 0.4) is 0 Å². The smallest absolute Gasteiger partial charge is 0.255 e. The molecular weight excluding hydrogens is 518 g/mol. The molecule has 0 spiro atoms. The summed E-state index contributed by atoms with van der Waals surface area (Å²) in [6, 6.07) is 8.91. The zero-order valence-electron chi connectivity index (χ0n) is 22.1. The molecule has 0 saturated heterocycles. The molecule has 0 heterocycles. The fourth-order valence-electron chi connectivity index (χ4n) is 6.46. The number of ketones is 2. The van der Waals surface area contributed by atoms with Crippen molar-refractivity contribution in [3.8, 4) is 16.9 Å². The molecule has 11 heteroatoms. The van der Waals surface area contributed by atoms with Crippen LogP contribution in [0.5, 0.6) is 5.75 Å². The summed E-state index contributed by atoms with van der Waals surface area (Å²) in [5.41, 5.74) is 4.02. The Balaban J connectivity index is 1.66. The fourth-order valence-corrected chi connectivity index (χ4v) is 6.46. The Labute approximate surface area is 229 Å². The second kappa shape index (κ2) is 9.32. The number of aliphatic hydroxyl groups is 3. The topological polar surface area (TPSA) is 190 Å². The third-order valence-electron chi connectivity index (χ3n) is 8.12. The zero-order valence-corrected chi connectivity index (χ0v) is 22.1. The number of aromatic hydroxyl groups is 1. The van der Waals surface area contributed by atoms with Crippen molar-refractivity contribution in [1.82, 2.24) is 4.90 Å². The molecule has 3 aliphatic rings. The second-order valence-electron chi connectivity index (χ2n) is 10.7. The van der Waals surface area contributed by atoms with E-state index in [9.17, 15) is 39.6 Å². The maximum absolute atomic E-state index is 13.8. The number of primary amides is 1. The maximum Gasteiger partial charge on any atom is 0.255 e. The number of carbonyl (C=O) groups is 4. The summed E-state index contributed by atoms with van der Waals surface area (Å²) in [4.78, 5) is 52.2. The molecule has 0 radical (unpaired) electrons. The van der Waals surface area contributed by atoms with E-state index in [2.05, 4.69) is 5.32 Å². The van der Waals surface area contributed by atoms with Crippen LogP contribution in [0.1, 0.15) is 29.3 Å². The van der Waals surface area contributed by atoms with Crippen molar-refractivity contribution in [2.75, 3.05) is 19.4 Å². The molecule has 4 atom stereocenters. The molecule has 3 aliphatic carbocycles. The highest BCUT2D eigenvalue weighted by molar-refractivity contribution is 6.25. The van der Waals surface area contributed by atoms with E-state index in [1.807, 2.05) is 0 Å². The van der Waals surface area contributed by atoms with Crippen LogP contribution in [0.4, 0.5) is 5.69 Å². The number of allylic oxidation sites excluding steroid dienone is 1. The Bertz CT molecular complexity index is 1560. The zero-order chi connectivity index (χ0) is 29.3. The molecule has 7 N–H and O–H groups in total. The van der Waals surface area contributed by atoms with Gasteiger partial charge < -0.3 is 31.5 Å². The molecule has 0 bridgehead atoms. The molecule has 5 rings (SSSR count). The largest absolute Gasteiger partial charge is 0.510 e. The minimum absolute atomic E-state index is 0.00231. The number of hydrogen-bond donors (Lipinski definition) is 6. The van der Waals surface area contributed by atoms with Crippen LogP contribution in [-0.2, 0) is 20.8 Å². The van der Waals surface area contributed by atoms with Crippen LogP contribution in [-0.4, -0.2) is 74.4 Å². The van der Waals surface area contributed by atoms with Crippen LogP contribution in [0.25, 0.3) is 11.1 Å². The number of anilines is 1. The quantitative estimate of drug-likeness (QED) is 0.310. The van der Waals surface area contributed by atoms with Crippen molar-refractivity contribution in [2.45, 2.75) is 31.4 Å². The first kappa shape index (κ1) is 27.1. The van der Waals surface area contributed by atoms with Crippen LogP contribution in [0.2, 0.25) is 0 Å². The predicted molar refractivity (Wildman–Crippen MR) is 143 cm³/mol. The van der Waals surface area contributed by atoms with Crippen LogP contribution >= 0.6 is 0 Å². The van der Waals surface area contributed by atoms with Crippen molar-refractivity contribution >= 4 is 29.1 Å². The normalized spacial score (nSPS) is 25.9. The summed E-state index contributed by atoms with van der Waals surface area (Å²) in [7, 11) is 3.15. The fraction of sp³-hybridized carbons (Fsp3) is 0.310. The molecule has 40 heavy (non-hydrogen) atoms. The number of phenolic OH excluding ortho intramolecular Hbond substituents is 1. The van der Waals surface area contributed by atoms with Gasteiger partial charge in [0.1, 0.15) is 22.8 Å². The van der Waals surface area contributed by atoms with E-state index in [0.717, 1.165) is 0 Å². The summed E-state index contributed by atoms with van der Waals surface area (Å²) >= 11 is 0. The molecule has 0 saturated carbocycles. The number of amides is 2. The lowest BCUT2D eigenvalue weighted by molar-refractivity contribution is -0.148. The number of nitrogens with one attached hydrogen (secondary N) is 1. The SMILES string of the molecule is CC(=O)Nc1ccc(-c2ccc(O)c3c2CC2CC4C(N(C)C)C(O)=C(C(N)=O)C(=O)C4(O)C(O)=C2C3=O)cc1. The number of carbonyl (C=O) groups excluding carboxylic acids is 4. The van der Waals surface area contributed by atoms with Crippen LogP contribution in [0.15, 0.2) is 59.1 Å². The van der Waals surface area contributed by atoms with E-state index in [0.29, 0.717) is 22.4 Å². The molecule has 2 aromatic carbocycles. The number of phenols is 1. The van der Waals surface area contributed by atoms with Gasteiger partial charge in [-0.1, -0.05) is 18.2 Å². The van der Waals surface area contributed by atoms with Crippen LogP contribution in [0, 0.1) is 11.8 Å². The van der Waals surface area contributed by atoms with Crippen molar-refractivity contribution < 1.29 is 39.6 Å². The lowest BCUT2D eigenvalue weighted by Gasteiger charge is -2.50. The van der Waals surface area contributed by atoms with E-state index in [4.69, 9.17) is 5.73 Å². The van der Waals surface area contributed by atoms with Gasteiger partial charge in [-0.05, 0) is 67.7 Å². The number of likely N-dealkylation sites (N-methyl/N-ethyl adjacent to an activating group) is 1. The molecule has 0 aliphatic heterocycles. The van der Waals surface area contributed by atoms with E-state index >= 15 is 0 Å². The Kier molecular flexibility index (Phi) is 6.31. The van der Waals surface area contributed by atoms with E-state index in [1.54, 1.807) is 44.4 Å². The second-order valence-corrected chi connectivity index (χ2v) is 10.7. The van der Waals surface area contributed by atoms with Gasteiger partial charge in [0.15, 0.2) is 11.4 Å². The average molecular weight is 548 g/mol. The first-order valence-electron chi connectivity index (χ1n) is 12.7. The van der Waals surface area contributed by atoms with Gasteiger partial charge in [0.25, 0.3) is 5.91 Å². The monoisotopic (exact) mass is 547 g/mol. The standard InChI is InChI=1S/C29H29N3O8/c1-12(33)31-15-6-4-13(5-7-15)16-8-9-19(34)21-17(16)10-14-11-18-23(32(2)3)25(36)22(28(30)39)27(38)29(18,40)26(37)20(14)24(21)35/h4-9,14,18,23,34,36-37,40H,10-11H2,1-3H3,(H2,30,39)(H,31,33). The van der Waals surface area contributed by atoms with Crippen molar-refractivity contribution in [2.24, 2.45) is 17.6 Å². The Hall–Kier alpha value is -4.48. The summed E-state index contributed by atoms with van der Waals surface area (Å²) in [5.74, 6) is -7.15. The highest BCUT2D eigenvalue weighted by atomic mass is 16.3. The number of rotatable bonds is 4. The molecular formula is C29H29N3O8. The summed E-state index contributed by atoms with van der Waals surface area (Å²) in [6.07, 6.45) is 0.175. The van der Waals surface area contributed by atoms with Gasteiger partial charge in [0, 0.05) is 24.1 Å². The Morgan fingerprint density at radius 2 is 1.70 bits per heavy atom. The summed E-state index contributed by atoms with van der Waals surface area (Å²) in [5, 5.41) is 47.4. The van der Waals surface area contributed by atoms with Gasteiger partial charge in [-0.2, -0.15) is 0 Å². The molecule has 208 valence electrons. The first-order valence-corrected chi connectivity index (χ1v) is 12.7. The molecule has 11 nitrogen and oxygen atoms in total. The number of aliphatic hydroxyl groups excluding tert-OH is 2. The van der Waals surface area contributed by atoms with Crippen LogP contribution < -0.4 is 11.1 Å². The van der Waals surface area contributed by atoms with E-state index in [1.165, 1.54) is 17.9 Å². The van der Waals surface area contributed by atoms with Gasteiger partial charge in [0.2, 0.25) is 11.7 Å². The van der Waals surface area contributed by atoms with E-state index in [-0.39, 0.29) is 35.6 Å². The lowest BCUT2D eigenvalue weighted by atomic mass is 9.58. The van der Waals surface area contributed by atoms with E-state index < -0.39 is 58.0 Å². The van der Waals surface area contributed by atoms with Gasteiger partial charge in [0.05, 0.1) is 11.6 Å². The number of nitrogens with zero attached hydrogens (tertiary/aromatic N) is 1. The average Bonchev–Trinajstić information content (AvgIpc) is 2.86. The number of benzene rings is 2. The number of hydrogen-bond acceptors (Lipinski definition) is 9. The Morgan fingerprint density at radius 1 is 1.05 bits per heavy atom. The molecule has 2 aromatic rings. The number of Topliss-reactive ketones (excluding diaryl/α,β-unsaturated/α-hetero) is 2. The first-order chi connectivity index (χ1) is 18.8. The number of fused-ring (bicyclic) bond motifs is 3. The summed E-state index contributed by atoms with van der Waals surface area (Å²) < 4.78 is 0. The minimum Gasteiger partial charge on any atom is -0.510 e. The molecule has 0 fully saturated rings. The van der Waals surface area contributed by atoms with Gasteiger partial charge in [-0.25, -0.2) is 0 Å². The Morgan fingerprint density at radius 3 is 2.27 bits per heavy atom. The van der Waals surface area contributed by atoms with Crippen molar-refractivity contribution in [3.63, 3.8) is 0 Å². The summed E-state index contributed by atoms with van der Waals surface area (Å²) in [6.45, 7) is 1.40. The highest BCUT2D eigenvalue weighted by Crippen LogP contribution is 2.53. The molecule has 2 amide bonds. The van der Waals surface area contributed by atoms with Gasteiger partial charge >= 0.3 is 0 Å². The third-order valence-corrected chi connectivity index (χ3v) is 8.12. The van der Waals surface area contributed by atoms with Crippen molar-refractivity contribution in [3.05, 3.63) is 70.2 Å².